The highest BCUT2D eigenvalue weighted by molar-refractivity contribution is 8.00. The standard InChI is InChI=1S/C17H14N6O2S3/c1-10(24)18-11-4-2-5-12(8-11)19-16-21-22-17(28-16)27-9-14-20-15(25-23-14)13-6-3-7-26-13/h2-8H,9H2,1H3,(H,18,24)(H,19,21). The molecule has 2 N–H and O–H groups in total. The lowest BCUT2D eigenvalue weighted by molar-refractivity contribution is -0.114. The predicted molar refractivity (Wildman–Crippen MR) is 111 cm³/mol. The smallest absolute Gasteiger partial charge is 0.268 e. The van der Waals surface area contributed by atoms with Gasteiger partial charge in [0.25, 0.3) is 5.89 Å². The van der Waals surface area contributed by atoms with Gasteiger partial charge in [-0.2, -0.15) is 4.98 Å². The van der Waals surface area contributed by atoms with E-state index in [1.165, 1.54) is 30.0 Å². The topological polar surface area (TPSA) is 106 Å². The molecule has 142 valence electrons. The van der Waals surface area contributed by atoms with Crippen molar-refractivity contribution in [1.82, 2.24) is 20.3 Å². The monoisotopic (exact) mass is 430 g/mol. The fourth-order valence-corrected chi connectivity index (χ4v) is 4.52. The number of thiophene rings is 1. The lowest BCUT2D eigenvalue weighted by atomic mass is 10.3. The van der Waals surface area contributed by atoms with Crippen LogP contribution in [0.1, 0.15) is 12.7 Å². The molecule has 11 heteroatoms. The van der Waals surface area contributed by atoms with Gasteiger partial charge in [0, 0.05) is 18.3 Å². The maximum atomic E-state index is 11.2. The van der Waals surface area contributed by atoms with Gasteiger partial charge in [0.15, 0.2) is 10.2 Å². The number of carbonyl (C=O) groups is 1. The van der Waals surface area contributed by atoms with E-state index in [1.54, 1.807) is 11.3 Å². The first kappa shape index (κ1) is 18.6. The van der Waals surface area contributed by atoms with Crippen LogP contribution in [0.2, 0.25) is 0 Å². The molecular weight excluding hydrogens is 416 g/mol. The van der Waals surface area contributed by atoms with Crippen molar-refractivity contribution in [3.05, 3.63) is 47.6 Å². The van der Waals surface area contributed by atoms with E-state index in [0.29, 0.717) is 22.6 Å². The molecule has 28 heavy (non-hydrogen) atoms. The summed E-state index contributed by atoms with van der Waals surface area (Å²) in [6, 6.07) is 11.3. The fraction of sp³-hybridized carbons (Fsp3) is 0.118. The zero-order valence-corrected chi connectivity index (χ0v) is 17.0. The number of nitrogens with zero attached hydrogens (tertiary/aromatic N) is 4. The summed E-state index contributed by atoms with van der Waals surface area (Å²) in [6.45, 7) is 1.47. The molecule has 8 nitrogen and oxygen atoms in total. The molecule has 0 aliphatic rings. The number of hydrogen-bond donors (Lipinski definition) is 2. The van der Waals surface area contributed by atoms with E-state index in [1.807, 2.05) is 41.8 Å². The van der Waals surface area contributed by atoms with Gasteiger partial charge in [-0.05, 0) is 29.6 Å². The number of hydrogen-bond acceptors (Lipinski definition) is 10. The molecule has 1 aromatic carbocycles. The minimum absolute atomic E-state index is 0.115. The van der Waals surface area contributed by atoms with Gasteiger partial charge in [-0.25, -0.2) is 0 Å². The number of aromatic nitrogens is 4. The molecular formula is C17H14N6O2S3. The Morgan fingerprint density at radius 2 is 2.11 bits per heavy atom. The highest BCUT2D eigenvalue weighted by atomic mass is 32.2. The van der Waals surface area contributed by atoms with E-state index >= 15 is 0 Å². The summed E-state index contributed by atoms with van der Waals surface area (Å²) in [5.41, 5.74) is 1.54. The second-order valence-electron chi connectivity index (χ2n) is 5.54. The predicted octanol–water partition coefficient (Wildman–Crippen LogP) is 4.64. The molecule has 0 unspecified atom stereocenters. The maximum Gasteiger partial charge on any atom is 0.268 e. The third kappa shape index (κ3) is 4.74. The van der Waals surface area contributed by atoms with Crippen LogP contribution in [0.3, 0.4) is 0 Å². The van der Waals surface area contributed by atoms with Gasteiger partial charge in [0.05, 0.1) is 10.6 Å². The highest BCUT2D eigenvalue weighted by Crippen LogP contribution is 2.30. The summed E-state index contributed by atoms with van der Waals surface area (Å²) < 4.78 is 6.08. The average molecular weight is 431 g/mol. The number of anilines is 3. The largest absolute Gasteiger partial charge is 0.333 e. The van der Waals surface area contributed by atoms with Crippen molar-refractivity contribution in [2.24, 2.45) is 0 Å². The van der Waals surface area contributed by atoms with E-state index in [4.69, 9.17) is 4.52 Å². The van der Waals surface area contributed by atoms with E-state index in [9.17, 15) is 4.79 Å². The van der Waals surface area contributed by atoms with Gasteiger partial charge in [-0.3, -0.25) is 4.79 Å². The molecule has 0 aliphatic carbocycles. The van der Waals surface area contributed by atoms with Crippen LogP contribution < -0.4 is 10.6 Å². The number of carbonyl (C=O) groups excluding carboxylic acids is 1. The number of rotatable bonds is 7. The van der Waals surface area contributed by atoms with Crippen LogP contribution in [0.15, 0.2) is 50.6 Å². The van der Waals surface area contributed by atoms with E-state index in [-0.39, 0.29) is 5.91 Å². The van der Waals surface area contributed by atoms with Crippen LogP contribution in [0.25, 0.3) is 10.8 Å². The minimum Gasteiger partial charge on any atom is -0.333 e. The molecule has 0 atom stereocenters. The zero-order chi connectivity index (χ0) is 19.3. The lowest BCUT2D eigenvalue weighted by Gasteiger charge is -2.05. The molecule has 3 aromatic heterocycles. The Hall–Kier alpha value is -2.76. The molecule has 3 heterocycles. The second-order valence-corrected chi connectivity index (χ2v) is 8.69. The molecule has 0 saturated heterocycles. The molecule has 0 radical (unpaired) electrons. The first-order valence-electron chi connectivity index (χ1n) is 8.13. The van der Waals surface area contributed by atoms with E-state index in [2.05, 4.69) is 31.0 Å². The van der Waals surface area contributed by atoms with Crippen LogP contribution in [0.4, 0.5) is 16.5 Å². The summed E-state index contributed by atoms with van der Waals surface area (Å²) in [7, 11) is 0. The maximum absolute atomic E-state index is 11.2. The van der Waals surface area contributed by atoms with Crippen molar-refractivity contribution >= 4 is 56.8 Å². The molecule has 4 aromatic rings. The zero-order valence-electron chi connectivity index (χ0n) is 14.6. The quantitative estimate of drug-likeness (QED) is 0.408. The van der Waals surface area contributed by atoms with Crippen molar-refractivity contribution in [3.63, 3.8) is 0 Å². The van der Waals surface area contributed by atoms with Crippen LogP contribution in [-0.4, -0.2) is 26.2 Å². The SMILES string of the molecule is CC(=O)Nc1cccc(Nc2nnc(SCc3noc(-c4cccs4)n3)s2)c1. The first-order valence-corrected chi connectivity index (χ1v) is 10.8. The van der Waals surface area contributed by atoms with Gasteiger partial charge in [0.2, 0.25) is 11.0 Å². The van der Waals surface area contributed by atoms with Crippen molar-refractivity contribution in [1.29, 1.82) is 0 Å². The summed E-state index contributed by atoms with van der Waals surface area (Å²) in [5.74, 6) is 1.57. The van der Waals surface area contributed by atoms with Crippen LogP contribution >= 0.6 is 34.4 Å². The van der Waals surface area contributed by atoms with Gasteiger partial charge in [-0.15, -0.1) is 21.5 Å². The van der Waals surface area contributed by atoms with Crippen molar-refractivity contribution in [3.8, 4) is 10.8 Å². The molecule has 0 bridgehead atoms. The Balaban J connectivity index is 1.35. The Labute approximate surface area is 172 Å². The third-order valence-electron chi connectivity index (χ3n) is 3.37. The summed E-state index contributed by atoms with van der Waals surface area (Å²) in [6.07, 6.45) is 0. The van der Waals surface area contributed by atoms with Gasteiger partial charge >= 0.3 is 0 Å². The van der Waals surface area contributed by atoms with Gasteiger partial charge < -0.3 is 15.2 Å². The first-order chi connectivity index (χ1) is 13.7. The van der Waals surface area contributed by atoms with E-state index < -0.39 is 0 Å². The highest BCUT2D eigenvalue weighted by Gasteiger charge is 2.12. The van der Waals surface area contributed by atoms with Crippen LogP contribution in [-0.2, 0) is 10.5 Å². The van der Waals surface area contributed by atoms with Crippen LogP contribution in [0.5, 0.6) is 0 Å². The van der Waals surface area contributed by atoms with Gasteiger partial charge in [-0.1, -0.05) is 40.4 Å². The number of benzene rings is 1. The molecule has 4 rings (SSSR count). The summed E-state index contributed by atoms with van der Waals surface area (Å²) >= 11 is 4.48. The summed E-state index contributed by atoms with van der Waals surface area (Å²) in [5, 5.41) is 20.9. The number of thioether (sulfide) groups is 1. The van der Waals surface area contributed by atoms with Crippen molar-refractivity contribution < 1.29 is 9.32 Å². The summed E-state index contributed by atoms with van der Waals surface area (Å²) in [4.78, 5) is 16.5. The lowest BCUT2D eigenvalue weighted by Crippen LogP contribution is -2.05. The third-order valence-corrected chi connectivity index (χ3v) is 6.19. The average Bonchev–Trinajstić information content (AvgIpc) is 3.41. The Morgan fingerprint density at radius 3 is 2.93 bits per heavy atom. The van der Waals surface area contributed by atoms with Crippen LogP contribution in [0, 0.1) is 0 Å². The van der Waals surface area contributed by atoms with Gasteiger partial charge in [0.1, 0.15) is 0 Å². The molecule has 0 saturated carbocycles. The molecule has 0 aliphatic heterocycles. The molecule has 0 spiro atoms. The van der Waals surface area contributed by atoms with E-state index in [0.717, 1.165) is 20.6 Å². The normalized spacial score (nSPS) is 10.8. The Kier molecular flexibility index (Phi) is 5.65. The fourth-order valence-electron chi connectivity index (χ4n) is 2.26. The van der Waals surface area contributed by atoms with Crippen molar-refractivity contribution in [2.45, 2.75) is 17.0 Å². The molecule has 1 amide bonds. The molecule has 0 fully saturated rings. The Bertz CT molecular complexity index is 1080. The second kappa shape index (κ2) is 8.50. The minimum atomic E-state index is -0.115. The Morgan fingerprint density at radius 1 is 1.21 bits per heavy atom. The van der Waals surface area contributed by atoms with Crippen molar-refractivity contribution in [2.75, 3.05) is 10.6 Å². The number of nitrogens with one attached hydrogen (secondary N) is 2. The number of amides is 1.